The van der Waals surface area contributed by atoms with E-state index in [0.717, 1.165) is 35.9 Å². The third kappa shape index (κ3) is 5.00. The van der Waals surface area contributed by atoms with Gasteiger partial charge in [-0.25, -0.2) is 4.98 Å². The van der Waals surface area contributed by atoms with Crippen LogP contribution in [0.2, 0.25) is 0 Å². The Balaban J connectivity index is 0.00000225. The summed E-state index contributed by atoms with van der Waals surface area (Å²) in [5.41, 5.74) is 2.10. The molecule has 8 heteroatoms. The van der Waals surface area contributed by atoms with Gasteiger partial charge in [0.2, 0.25) is 12.7 Å². The van der Waals surface area contributed by atoms with Gasteiger partial charge in [0, 0.05) is 13.6 Å². The van der Waals surface area contributed by atoms with E-state index in [0.29, 0.717) is 25.2 Å². The Labute approximate surface area is 164 Å². The van der Waals surface area contributed by atoms with Gasteiger partial charge in [0.25, 0.3) is 0 Å². The third-order valence-electron chi connectivity index (χ3n) is 3.85. The molecule has 25 heavy (non-hydrogen) atoms. The molecule has 0 atom stereocenters. The summed E-state index contributed by atoms with van der Waals surface area (Å²) in [4.78, 5) is 8.54. The number of oxazole rings is 1. The van der Waals surface area contributed by atoms with Gasteiger partial charge in [-0.2, -0.15) is 0 Å². The predicted octanol–water partition coefficient (Wildman–Crippen LogP) is 2.55. The minimum Gasteiger partial charge on any atom is -0.454 e. The van der Waals surface area contributed by atoms with Crippen LogP contribution in [0.25, 0.3) is 0 Å². The largest absolute Gasteiger partial charge is 0.454 e. The summed E-state index contributed by atoms with van der Waals surface area (Å²) in [6.07, 6.45) is 0.856. The molecule has 0 bridgehead atoms. The zero-order chi connectivity index (χ0) is 16.9. The second kappa shape index (κ2) is 8.93. The average Bonchev–Trinajstić information content (AvgIpc) is 3.17. The van der Waals surface area contributed by atoms with Gasteiger partial charge in [-0.05, 0) is 38.0 Å². The number of benzene rings is 1. The van der Waals surface area contributed by atoms with Crippen molar-refractivity contribution in [2.24, 2.45) is 4.99 Å². The van der Waals surface area contributed by atoms with Crippen LogP contribution < -0.4 is 20.1 Å². The molecule has 7 nitrogen and oxygen atoms in total. The Morgan fingerprint density at radius 2 is 2.00 bits per heavy atom. The van der Waals surface area contributed by atoms with E-state index in [1.54, 1.807) is 7.05 Å². The van der Waals surface area contributed by atoms with E-state index < -0.39 is 0 Å². The van der Waals surface area contributed by atoms with Crippen LogP contribution in [0.4, 0.5) is 0 Å². The van der Waals surface area contributed by atoms with E-state index >= 15 is 0 Å². The number of hydrogen-bond acceptors (Lipinski definition) is 5. The number of hydrogen-bond donors (Lipinski definition) is 2. The molecule has 0 radical (unpaired) electrons. The Bertz CT molecular complexity index is 726. The highest BCUT2D eigenvalue weighted by molar-refractivity contribution is 14.0. The smallest absolute Gasteiger partial charge is 0.231 e. The van der Waals surface area contributed by atoms with Crippen LogP contribution in [-0.4, -0.2) is 31.3 Å². The highest BCUT2D eigenvalue weighted by Gasteiger charge is 2.13. The maximum atomic E-state index is 5.54. The third-order valence-corrected chi connectivity index (χ3v) is 3.85. The number of halogens is 1. The molecule has 2 aromatic rings. The maximum Gasteiger partial charge on any atom is 0.231 e. The maximum absolute atomic E-state index is 5.54. The number of rotatable bonds is 5. The fraction of sp³-hybridized carbons (Fsp3) is 0.412. The van der Waals surface area contributed by atoms with E-state index in [9.17, 15) is 0 Å². The fourth-order valence-corrected chi connectivity index (χ4v) is 2.42. The van der Waals surface area contributed by atoms with E-state index in [-0.39, 0.29) is 24.0 Å². The van der Waals surface area contributed by atoms with Crippen molar-refractivity contribution in [2.45, 2.75) is 26.8 Å². The Kier molecular flexibility index (Phi) is 6.91. The van der Waals surface area contributed by atoms with Crippen molar-refractivity contribution >= 4 is 29.9 Å². The lowest BCUT2D eigenvalue weighted by Gasteiger charge is -2.10. The number of aliphatic imine (C=N–C) groups is 1. The minimum absolute atomic E-state index is 0. The number of aromatic nitrogens is 1. The Morgan fingerprint density at radius 1 is 1.20 bits per heavy atom. The molecule has 3 rings (SSSR count). The fourth-order valence-electron chi connectivity index (χ4n) is 2.42. The van der Waals surface area contributed by atoms with Crippen molar-refractivity contribution in [3.05, 3.63) is 41.1 Å². The van der Waals surface area contributed by atoms with Crippen molar-refractivity contribution in [1.29, 1.82) is 0 Å². The molecular formula is C17H23IN4O3. The van der Waals surface area contributed by atoms with E-state index in [1.807, 2.05) is 32.0 Å². The highest BCUT2D eigenvalue weighted by Crippen LogP contribution is 2.32. The Hall–Kier alpha value is -1.97. The quantitative estimate of drug-likeness (QED) is 0.408. The summed E-state index contributed by atoms with van der Waals surface area (Å²) in [6.45, 7) is 5.39. The molecule has 0 amide bonds. The Morgan fingerprint density at radius 3 is 2.72 bits per heavy atom. The van der Waals surface area contributed by atoms with Gasteiger partial charge in [-0.1, -0.05) is 6.07 Å². The van der Waals surface area contributed by atoms with Crippen molar-refractivity contribution in [3.63, 3.8) is 0 Å². The summed E-state index contributed by atoms with van der Waals surface area (Å²) in [7, 11) is 1.74. The van der Waals surface area contributed by atoms with Crippen molar-refractivity contribution in [2.75, 3.05) is 20.4 Å². The topological polar surface area (TPSA) is 80.9 Å². The van der Waals surface area contributed by atoms with Gasteiger partial charge in [-0.3, -0.25) is 4.99 Å². The first-order valence-electron chi connectivity index (χ1n) is 7.91. The molecule has 2 heterocycles. The molecule has 0 saturated heterocycles. The second-order valence-corrected chi connectivity index (χ2v) is 5.54. The molecule has 1 aliphatic rings. The second-order valence-electron chi connectivity index (χ2n) is 5.54. The predicted molar refractivity (Wildman–Crippen MR) is 106 cm³/mol. The lowest BCUT2D eigenvalue weighted by atomic mass is 10.1. The van der Waals surface area contributed by atoms with Crippen molar-refractivity contribution in [3.8, 4) is 11.5 Å². The summed E-state index contributed by atoms with van der Waals surface area (Å²) in [6, 6.07) is 6.00. The molecule has 2 N–H and O–H groups in total. The number of fused-ring (bicyclic) bond motifs is 1. The van der Waals surface area contributed by atoms with Crippen LogP contribution in [0.5, 0.6) is 11.5 Å². The van der Waals surface area contributed by atoms with Gasteiger partial charge >= 0.3 is 0 Å². The number of nitrogens with one attached hydrogen (secondary N) is 2. The monoisotopic (exact) mass is 458 g/mol. The number of nitrogens with zero attached hydrogens (tertiary/aromatic N) is 2. The molecule has 0 saturated carbocycles. The van der Waals surface area contributed by atoms with Gasteiger partial charge in [0.05, 0.1) is 12.2 Å². The van der Waals surface area contributed by atoms with Gasteiger partial charge in [0.15, 0.2) is 17.5 Å². The van der Waals surface area contributed by atoms with Crippen LogP contribution >= 0.6 is 24.0 Å². The van der Waals surface area contributed by atoms with Crippen LogP contribution in [-0.2, 0) is 13.0 Å². The van der Waals surface area contributed by atoms with E-state index in [1.165, 1.54) is 5.56 Å². The number of aryl methyl sites for hydroxylation is 2. The molecular weight excluding hydrogens is 435 g/mol. The van der Waals surface area contributed by atoms with Crippen LogP contribution in [0, 0.1) is 13.8 Å². The standard InChI is InChI=1S/C17H22N4O3.HI/c1-11-12(2)24-16(21-11)9-20-17(18-3)19-7-6-13-4-5-14-15(8-13)23-10-22-14;/h4-5,8H,6-7,9-10H2,1-3H3,(H2,18,19,20);1H. The number of guanidine groups is 1. The molecule has 0 spiro atoms. The normalized spacial score (nSPS) is 12.7. The average molecular weight is 458 g/mol. The van der Waals surface area contributed by atoms with E-state index in [2.05, 4.69) is 20.6 Å². The summed E-state index contributed by atoms with van der Waals surface area (Å²) < 4.78 is 16.3. The first kappa shape index (κ1) is 19.4. The molecule has 1 aromatic heterocycles. The SMILES string of the molecule is CN=C(NCCc1ccc2c(c1)OCO2)NCc1nc(C)c(C)o1.I. The first-order chi connectivity index (χ1) is 11.7. The molecule has 0 unspecified atom stereocenters. The highest BCUT2D eigenvalue weighted by atomic mass is 127. The van der Waals surface area contributed by atoms with E-state index in [4.69, 9.17) is 13.9 Å². The zero-order valence-corrected chi connectivity index (χ0v) is 16.9. The van der Waals surface area contributed by atoms with Gasteiger partial charge < -0.3 is 24.5 Å². The van der Waals surface area contributed by atoms with Crippen LogP contribution in [0.15, 0.2) is 27.6 Å². The van der Waals surface area contributed by atoms with Crippen LogP contribution in [0.1, 0.15) is 22.9 Å². The molecule has 0 fully saturated rings. The molecule has 136 valence electrons. The number of ether oxygens (including phenoxy) is 2. The molecule has 1 aliphatic heterocycles. The summed E-state index contributed by atoms with van der Waals surface area (Å²) >= 11 is 0. The first-order valence-corrected chi connectivity index (χ1v) is 7.91. The lowest BCUT2D eigenvalue weighted by Crippen LogP contribution is -2.37. The summed E-state index contributed by atoms with van der Waals surface area (Å²) in [5.74, 6) is 3.83. The van der Waals surface area contributed by atoms with Crippen molar-refractivity contribution < 1.29 is 13.9 Å². The zero-order valence-electron chi connectivity index (χ0n) is 14.6. The minimum atomic E-state index is 0. The van der Waals surface area contributed by atoms with Crippen LogP contribution in [0.3, 0.4) is 0 Å². The lowest BCUT2D eigenvalue weighted by molar-refractivity contribution is 0.174. The summed E-state index contributed by atoms with van der Waals surface area (Å²) in [5, 5.41) is 6.47. The molecule has 0 aliphatic carbocycles. The molecule has 1 aromatic carbocycles. The van der Waals surface area contributed by atoms with Crippen molar-refractivity contribution in [1.82, 2.24) is 15.6 Å². The van der Waals surface area contributed by atoms with Gasteiger partial charge in [-0.15, -0.1) is 24.0 Å². The van der Waals surface area contributed by atoms with Gasteiger partial charge in [0.1, 0.15) is 5.76 Å².